The van der Waals surface area contributed by atoms with Crippen molar-refractivity contribution in [1.29, 1.82) is 0 Å². The molecule has 0 saturated carbocycles. The standard InChI is InChI=1S/C25H27ClN4O3S/c1-5-32-20-6-8-21(9-7-20)33-15-23(31)29(10-11-30-18(4)13-17(3)28-30)25-27-24-16(2)12-19(26)14-22(24)34-25/h6-9,12-14H,5,10-11,15H2,1-4H3. The minimum Gasteiger partial charge on any atom is -0.494 e. The molecule has 2 aromatic carbocycles. The molecule has 0 atom stereocenters. The average molecular weight is 499 g/mol. The van der Waals surface area contributed by atoms with Crippen molar-refractivity contribution in [2.24, 2.45) is 0 Å². The van der Waals surface area contributed by atoms with Crippen LogP contribution in [0.15, 0.2) is 42.5 Å². The molecule has 2 heterocycles. The number of hydrogen-bond acceptors (Lipinski definition) is 6. The molecular formula is C25H27ClN4O3S. The molecule has 4 rings (SSSR count). The molecule has 0 saturated heterocycles. The van der Waals surface area contributed by atoms with E-state index < -0.39 is 0 Å². The molecule has 34 heavy (non-hydrogen) atoms. The van der Waals surface area contributed by atoms with Crippen molar-refractivity contribution < 1.29 is 14.3 Å². The molecule has 0 N–H and O–H groups in total. The summed E-state index contributed by atoms with van der Waals surface area (Å²) in [6.45, 7) is 9.30. The van der Waals surface area contributed by atoms with Gasteiger partial charge in [-0.1, -0.05) is 22.9 Å². The van der Waals surface area contributed by atoms with Gasteiger partial charge in [0, 0.05) is 17.3 Å². The lowest BCUT2D eigenvalue weighted by Crippen LogP contribution is -2.37. The molecule has 0 unspecified atom stereocenters. The van der Waals surface area contributed by atoms with Crippen LogP contribution in [0.4, 0.5) is 5.13 Å². The second kappa shape index (κ2) is 10.4. The number of amides is 1. The number of anilines is 1. The number of halogens is 1. The summed E-state index contributed by atoms with van der Waals surface area (Å²) in [6.07, 6.45) is 0. The van der Waals surface area contributed by atoms with E-state index in [-0.39, 0.29) is 12.5 Å². The Labute approximate surface area is 207 Å². The average Bonchev–Trinajstić information content (AvgIpc) is 3.36. The molecule has 0 fully saturated rings. The monoisotopic (exact) mass is 498 g/mol. The molecule has 0 aliphatic rings. The summed E-state index contributed by atoms with van der Waals surface area (Å²) in [5.74, 6) is 1.18. The van der Waals surface area contributed by atoms with E-state index >= 15 is 0 Å². The lowest BCUT2D eigenvalue weighted by molar-refractivity contribution is -0.120. The van der Waals surface area contributed by atoms with Gasteiger partial charge in [0.1, 0.15) is 11.5 Å². The third kappa shape index (κ3) is 5.51. The van der Waals surface area contributed by atoms with Crippen LogP contribution < -0.4 is 14.4 Å². The van der Waals surface area contributed by atoms with Crippen LogP contribution in [0.2, 0.25) is 5.02 Å². The zero-order valence-corrected chi connectivity index (χ0v) is 21.2. The molecule has 178 valence electrons. The van der Waals surface area contributed by atoms with Gasteiger partial charge in [-0.05, 0) is 75.7 Å². The fourth-order valence-electron chi connectivity index (χ4n) is 3.70. The number of benzene rings is 2. The fraction of sp³-hybridized carbons (Fsp3) is 0.320. The highest BCUT2D eigenvalue weighted by Crippen LogP contribution is 2.33. The van der Waals surface area contributed by atoms with E-state index in [0.717, 1.165) is 32.9 Å². The molecule has 7 nitrogen and oxygen atoms in total. The number of hydrogen-bond donors (Lipinski definition) is 0. The van der Waals surface area contributed by atoms with Crippen molar-refractivity contribution in [3.8, 4) is 11.5 Å². The second-order valence-corrected chi connectivity index (χ2v) is 9.40. The molecule has 0 aliphatic carbocycles. The van der Waals surface area contributed by atoms with Crippen LogP contribution in [-0.2, 0) is 11.3 Å². The Kier molecular flexibility index (Phi) is 7.38. The second-order valence-electron chi connectivity index (χ2n) is 7.95. The van der Waals surface area contributed by atoms with Gasteiger partial charge in [0.05, 0.1) is 29.1 Å². The maximum atomic E-state index is 13.3. The van der Waals surface area contributed by atoms with Crippen molar-refractivity contribution in [3.63, 3.8) is 0 Å². The molecule has 1 amide bonds. The molecule has 4 aromatic rings. The van der Waals surface area contributed by atoms with E-state index in [1.165, 1.54) is 11.3 Å². The van der Waals surface area contributed by atoms with Gasteiger partial charge >= 0.3 is 0 Å². The highest BCUT2D eigenvalue weighted by molar-refractivity contribution is 7.22. The minimum absolute atomic E-state index is 0.110. The summed E-state index contributed by atoms with van der Waals surface area (Å²) in [5, 5.41) is 5.79. The van der Waals surface area contributed by atoms with Gasteiger partial charge in [0.25, 0.3) is 5.91 Å². The van der Waals surface area contributed by atoms with E-state index in [2.05, 4.69) is 5.10 Å². The molecule has 9 heteroatoms. The van der Waals surface area contributed by atoms with Gasteiger partial charge in [0.15, 0.2) is 11.7 Å². The quantitative estimate of drug-likeness (QED) is 0.301. The molecule has 0 bridgehead atoms. The van der Waals surface area contributed by atoms with E-state index in [9.17, 15) is 4.79 Å². The van der Waals surface area contributed by atoms with Crippen LogP contribution in [-0.4, -0.2) is 40.4 Å². The van der Waals surface area contributed by atoms with Gasteiger partial charge in [-0.3, -0.25) is 14.4 Å². The zero-order chi connectivity index (χ0) is 24.2. The highest BCUT2D eigenvalue weighted by atomic mass is 35.5. The Morgan fingerprint density at radius 3 is 2.44 bits per heavy atom. The number of aryl methyl sites for hydroxylation is 3. The van der Waals surface area contributed by atoms with Crippen molar-refractivity contribution in [2.45, 2.75) is 34.2 Å². The third-order valence-corrected chi connectivity index (χ3v) is 6.55. The Hall–Kier alpha value is -3.10. The normalized spacial score (nSPS) is 11.1. The first-order valence-electron chi connectivity index (χ1n) is 11.1. The number of carbonyl (C=O) groups is 1. The maximum absolute atomic E-state index is 13.3. The van der Waals surface area contributed by atoms with Crippen molar-refractivity contribution >= 4 is 44.2 Å². The number of aromatic nitrogens is 3. The van der Waals surface area contributed by atoms with Gasteiger partial charge < -0.3 is 9.47 Å². The highest BCUT2D eigenvalue weighted by Gasteiger charge is 2.22. The number of fused-ring (bicyclic) bond motifs is 1. The first kappa shape index (κ1) is 24.0. The molecule has 0 spiro atoms. The Morgan fingerprint density at radius 2 is 1.79 bits per heavy atom. The maximum Gasteiger partial charge on any atom is 0.266 e. The van der Waals surface area contributed by atoms with Crippen LogP contribution >= 0.6 is 22.9 Å². The number of rotatable bonds is 9. The molecule has 2 aromatic heterocycles. The Bertz CT molecular complexity index is 1300. The van der Waals surface area contributed by atoms with Crippen LogP contribution in [0.1, 0.15) is 23.9 Å². The van der Waals surface area contributed by atoms with Crippen LogP contribution in [0.5, 0.6) is 11.5 Å². The van der Waals surface area contributed by atoms with E-state index in [1.54, 1.807) is 17.0 Å². The fourth-order valence-corrected chi connectivity index (χ4v) is 5.17. The van der Waals surface area contributed by atoms with Crippen molar-refractivity contribution in [3.05, 3.63) is 64.4 Å². The van der Waals surface area contributed by atoms with E-state index in [1.807, 2.05) is 62.7 Å². The largest absolute Gasteiger partial charge is 0.494 e. The smallest absolute Gasteiger partial charge is 0.266 e. The SMILES string of the molecule is CCOc1ccc(OCC(=O)N(CCn2nc(C)cc2C)c2nc3c(C)cc(Cl)cc3s2)cc1. The van der Waals surface area contributed by atoms with E-state index in [0.29, 0.717) is 35.6 Å². The van der Waals surface area contributed by atoms with Crippen LogP contribution in [0.25, 0.3) is 10.2 Å². The summed E-state index contributed by atoms with van der Waals surface area (Å²) >= 11 is 7.69. The number of carbonyl (C=O) groups excluding carboxylic acids is 1. The third-order valence-electron chi connectivity index (χ3n) is 5.31. The topological polar surface area (TPSA) is 69.5 Å². The Balaban J connectivity index is 1.55. The molecular weight excluding hydrogens is 472 g/mol. The van der Waals surface area contributed by atoms with Crippen LogP contribution in [0.3, 0.4) is 0 Å². The van der Waals surface area contributed by atoms with E-state index in [4.69, 9.17) is 26.1 Å². The summed E-state index contributed by atoms with van der Waals surface area (Å²) in [5.41, 5.74) is 3.81. The summed E-state index contributed by atoms with van der Waals surface area (Å²) in [4.78, 5) is 19.7. The van der Waals surface area contributed by atoms with Gasteiger partial charge in [-0.2, -0.15) is 5.10 Å². The number of ether oxygens (including phenoxy) is 2. The predicted molar refractivity (Wildman–Crippen MR) is 137 cm³/mol. The van der Waals surface area contributed by atoms with Gasteiger partial charge in [-0.25, -0.2) is 4.98 Å². The predicted octanol–water partition coefficient (Wildman–Crippen LogP) is 5.58. The van der Waals surface area contributed by atoms with Crippen LogP contribution in [0, 0.1) is 20.8 Å². The zero-order valence-electron chi connectivity index (χ0n) is 19.7. The Morgan fingerprint density at radius 1 is 1.09 bits per heavy atom. The number of nitrogens with zero attached hydrogens (tertiary/aromatic N) is 4. The summed E-state index contributed by atoms with van der Waals surface area (Å²) in [7, 11) is 0. The summed E-state index contributed by atoms with van der Waals surface area (Å²) in [6, 6.07) is 13.0. The van der Waals surface area contributed by atoms with Crippen molar-refractivity contribution in [2.75, 3.05) is 24.7 Å². The minimum atomic E-state index is -0.182. The van der Waals surface area contributed by atoms with Gasteiger partial charge in [-0.15, -0.1) is 0 Å². The first-order chi connectivity index (χ1) is 16.3. The first-order valence-corrected chi connectivity index (χ1v) is 12.3. The number of thiazole rings is 1. The lowest BCUT2D eigenvalue weighted by Gasteiger charge is -2.20. The molecule has 0 radical (unpaired) electrons. The van der Waals surface area contributed by atoms with Gasteiger partial charge in [0.2, 0.25) is 0 Å². The lowest BCUT2D eigenvalue weighted by atomic mass is 10.2. The van der Waals surface area contributed by atoms with Crippen molar-refractivity contribution in [1.82, 2.24) is 14.8 Å². The summed E-state index contributed by atoms with van der Waals surface area (Å²) < 4.78 is 14.1. The molecule has 0 aliphatic heterocycles.